The Bertz CT molecular complexity index is 1100. The number of rotatable bonds is 10. The molecular weight excluding hydrogens is 447 g/mol. The van der Waals surface area contributed by atoms with Gasteiger partial charge in [0.25, 0.3) is 0 Å². The normalized spacial score (nSPS) is 11.2. The third kappa shape index (κ3) is 6.99. The van der Waals surface area contributed by atoms with Gasteiger partial charge in [0.1, 0.15) is 5.75 Å². The van der Waals surface area contributed by atoms with E-state index in [2.05, 4.69) is 5.32 Å². The van der Waals surface area contributed by atoms with Gasteiger partial charge in [-0.05, 0) is 48.4 Å². The lowest BCUT2D eigenvalue weighted by Crippen LogP contribution is -2.14. The largest absolute Gasteiger partial charge is 0.493 e. The van der Waals surface area contributed by atoms with Gasteiger partial charge in [0.15, 0.2) is 11.5 Å². The number of methoxy groups -OCH3 is 1. The maximum atomic E-state index is 13.3. The van der Waals surface area contributed by atoms with Crippen molar-refractivity contribution >= 4 is 5.97 Å². The molecule has 0 fully saturated rings. The van der Waals surface area contributed by atoms with E-state index in [1.807, 2.05) is 30.3 Å². The third-order valence-electron chi connectivity index (χ3n) is 4.98. The third-order valence-corrected chi connectivity index (χ3v) is 4.98. The van der Waals surface area contributed by atoms with Crippen LogP contribution in [-0.2, 0) is 35.2 Å². The zero-order valence-corrected chi connectivity index (χ0v) is 18.9. The number of halogens is 3. The molecule has 0 aliphatic carbocycles. The summed E-state index contributed by atoms with van der Waals surface area (Å²) in [6, 6.07) is 17.8. The predicted octanol–water partition coefficient (Wildman–Crippen LogP) is 5.90. The lowest BCUT2D eigenvalue weighted by Gasteiger charge is -2.17. The maximum Gasteiger partial charge on any atom is 0.416 e. The minimum Gasteiger partial charge on any atom is -0.493 e. The summed E-state index contributed by atoms with van der Waals surface area (Å²) >= 11 is 0. The minimum atomic E-state index is -4.48. The van der Waals surface area contributed by atoms with Crippen LogP contribution in [0.15, 0.2) is 66.7 Å². The van der Waals surface area contributed by atoms with Crippen molar-refractivity contribution in [2.45, 2.75) is 32.6 Å². The standard InChI is InChI=1S/C26H26F3NO4/c1-3-33-25(31)14-19-9-11-23(32-2)24(13-19)34-22-12-10-21(26(27,28)29)15-20(22)17-30-16-18-7-5-4-6-8-18/h4-13,15,30H,3,14,16-17H2,1-2H3. The van der Waals surface area contributed by atoms with Crippen molar-refractivity contribution in [3.8, 4) is 17.2 Å². The summed E-state index contributed by atoms with van der Waals surface area (Å²) < 4.78 is 56.4. The van der Waals surface area contributed by atoms with Gasteiger partial charge in [-0.15, -0.1) is 0 Å². The molecule has 0 saturated carbocycles. The summed E-state index contributed by atoms with van der Waals surface area (Å²) in [6.07, 6.45) is -4.45. The number of ether oxygens (including phenoxy) is 3. The molecule has 0 spiro atoms. The molecule has 3 aromatic rings. The van der Waals surface area contributed by atoms with Crippen LogP contribution in [0, 0.1) is 0 Å². The van der Waals surface area contributed by atoms with E-state index in [1.54, 1.807) is 25.1 Å². The quantitative estimate of drug-likeness (QED) is 0.372. The van der Waals surface area contributed by atoms with Crippen LogP contribution in [0.2, 0.25) is 0 Å². The molecule has 0 aromatic heterocycles. The van der Waals surface area contributed by atoms with Crippen molar-refractivity contribution in [2.24, 2.45) is 0 Å². The van der Waals surface area contributed by atoms with Crippen LogP contribution < -0.4 is 14.8 Å². The first-order valence-corrected chi connectivity index (χ1v) is 10.7. The van der Waals surface area contributed by atoms with Crippen molar-refractivity contribution in [2.75, 3.05) is 13.7 Å². The number of benzene rings is 3. The Morgan fingerprint density at radius 2 is 1.62 bits per heavy atom. The molecule has 0 aliphatic rings. The number of carbonyl (C=O) groups is 1. The highest BCUT2D eigenvalue weighted by atomic mass is 19.4. The number of hydrogen-bond donors (Lipinski definition) is 1. The van der Waals surface area contributed by atoms with Crippen molar-refractivity contribution < 1.29 is 32.2 Å². The zero-order chi connectivity index (χ0) is 24.6. The van der Waals surface area contributed by atoms with E-state index in [9.17, 15) is 18.0 Å². The van der Waals surface area contributed by atoms with Crippen molar-refractivity contribution in [3.63, 3.8) is 0 Å². The molecule has 1 N–H and O–H groups in total. The Kier molecular flexibility index (Phi) is 8.54. The molecule has 0 saturated heterocycles. The summed E-state index contributed by atoms with van der Waals surface area (Å²) in [7, 11) is 1.46. The molecule has 0 radical (unpaired) electrons. The first-order valence-electron chi connectivity index (χ1n) is 10.7. The van der Waals surface area contributed by atoms with Crippen molar-refractivity contribution in [3.05, 3.63) is 89.0 Å². The molecule has 180 valence electrons. The second-order valence-electron chi connectivity index (χ2n) is 7.48. The monoisotopic (exact) mass is 473 g/mol. The number of alkyl halides is 3. The first kappa shape index (κ1) is 25.1. The minimum absolute atomic E-state index is 0.0344. The fourth-order valence-electron chi connectivity index (χ4n) is 3.34. The summed E-state index contributed by atoms with van der Waals surface area (Å²) in [5, 5.41) is 3.16. The van der Waals surface area contributed by atoms with E-state index >= 15 is 0 Å². The molecule has 3 aromatic carbocycles. The highest BCUT2D eigenvalue weighted by Gasteiger charge is 2.31. The van der Waals surface area contributed by atoms with Gasteiger partial charge in [0.05, 0.1) is 25.7 Å². The zero-order valence-electron chi connectivity index (χ0n) is 18.9. The Morgan fingerprint density at radius 1 is 0.882 bits per heavy atom. The van der Waals surface area contributed by atoms with Gasteiger partial charge in [-0.3, -0.25) is 4.79 Å². The van der Waals surface area contributed by atoms with Crippen LogP contribution in [0.3, 0.4) is 0 Å². The Hall–Kier alpha value is -3.52. The Morgan fingerprint density at radius 3 is 2.29 bits per heavy atom. The fraction of sp³-hybridized carbons (Fsp3) is 0.269. The molecule has 0 bridgehead atoms. The average molecular weight is 473 g/mol. The first-order chi connectivity index (χ1) is 16.3. The van der Waals surface area contributed by atoms with Gasteiger partial charge in [0, 0.05) is 18.7 Å². The Labute approximate surface area is 196 Å². The van der Waals surface area contributed by atoms with Gasteiger partial charge in [-0.1, -0.05) is 36.4 Å². The van der Waals surface area contributed by atoms with Gasteiger partial charge < -0.3 is 19.5 Å². The van der Waals surface area contributed by atoms with Crippen LogP contribution in [0.4, 0.5) is 13.2 Å². The van der Waals surface area contributed by atoms with E-state index in [0.717, 1.165) is 17.7 Å². The van der Waals surface area contributed by atoms with E-state index in [4.69, 9.17) is 14.2 Å². The molecule has 0 heterocycles. The lowest BCUT2D eigenvalue weighted by atomic mass is 10.1. The summed E-state index contributed by atoms with van der Waals surface area (Å²) in [4.78, 5) is 11.8. The lowest BCUT2D eigenvalue weighted by molar-refractivity contribution is -0.142. The van der Waals surface area contributed by atoms with E-state index in [1.165, 1.54) is 13.2 Å². The van der Waals surface area contributed by atoms with E-state index in [0.29, 0.717) is 23.4 Å². The van der Waals surface area contributed by atoms with Gasteiger partial charge in [-0.2, -0.15) is 13.2 Å². The molecule has 0 atom stereocenters. The van der Waals surface area contributed by atoms with Crippen molar-refractivity contribution in [1.29, 1.82) is 0 Å². The van der Waals surface area contributed by atoms with E-state index < -0.39 is 11.7 Å². The molecule has 5 nitrogen and oxygen atoms in total. The smallest absolute Gasteiger partial charge is 0.416 e. The fourth-order valence-corrected chi connectivity index (χ4v) is 3.34. The van der Waals surface area contributed by atoms with Crippen LogP contribution in [0.1, 0.15) is 29.2 Å². The maximum absolute atomic E-state index is 13.3. The second-order valence-corrected chi connectivity index (χ2v) is 7.48. The van der Waals surface area contributed by atoms with E-state index in [-0.39, 0.29) is 37.0 Å². The second kappa shape index (κ2) is 11.6. The van der Waals surface area contributed by atoms with Crippen LogP contribution in [-0.4, -0.2) is 19.7 Å². The van der Waals surface area contributed by atoms with Crippen LogP contribution in [0.25, 0.3) is 0 Å². The number of esters is 1. The summed E-state index contributed by atoms with van der Waals surface area (Å²) in [6.45, 7) is 2.62. The predicted molar refractivity (Wildman–Crippen MR) is 122 cm³/mol. The highest BCUT2D eigenvalue weighted by molar-refractivity contribution is 5.73. The number of hydrogen-bond acceptors (Lipinski definition) is 5. The van der Waals surface area contributed by atoms with Crippen molar-refractivity contribution in [1.82, 2.24) is 5.32 Å². The number of nitrogens with one attached hydrogen (secondary N) is 1. The van der Waals surface area contributed by atoms with Gasteiger partial charge in [-0.25, -0.2) is 0 Å². The highest BCUT2D eigenvalue weighted by Crippen LogP contribution is 2.37. The topological polar surface area (TPSA) is 56.8 Å². The van der Waals surface area contributed by atoms with Crippen LogP contribution in [0.5, 0.6) is 17.2 Å². The molecular formula is C26H26F3NO4. The van der Waals surface area contributed by atoms with Gasteiger partial charge >= 0.3 is 12.1 Å². The molecule has 8 heteroatoms. The van der Waals surface area contributed by atoms with Gasteiger partial charge in [0.2, 0.25) is 0 Å². The molecule has 3 rings (SSSR count). The summed E-state index contributed by atoms with van der Waals surface area (Å²) in [5.41, 5.74) is 1.21. The average Bonchev–Trinajstić information content (AvgIpc) is 2.80. The molecule has 0 aliphatic heterocycles. The molecule has 0 unspecified atom stereocenters. The summed E-state index contributed by atoms with van der Waals surface area (Å²) in [5.74, 6) is 0.531. The number of carbonyl (C=O) groups excluding carboxylic acids is 1. The molecule has 34 heavy (non-hydrogen) atoms. The Balaban J connectivity index is 1.86. The SMILES string of the molecule is CCOC(=O)Cc1ccc(OC)c(Oc2ccc(C(F)(F)F)cc2CNCc2ccccc2)c1. The molecule has 0 amide bonds. The van der Waals surface area contributed by atoms with Crippen LogP contribution >= 0.6 is 0 Å².